The summed E-state index contributed by atoms with van der Waals surface area (Å²) in [6.45, 7) is 6.70. The molecular weight excluding hydrogens is 466 g/mol. The molecule has 1 heterocycles. The highest BCUT2D eigenvalue weighted by molar-refractivity contribution is 8.00. The average molecular weight is 500 g/mol. The summed E-state index contributed by atoms with van der Waals surface area (Å²) < 4.78 is 38.8. The van der Waals surface area contributed by atoms with Crippen LogP contribution in [0.15, 0.2) is 34.3 Å². The lowest BCUT2D eigenvalue weighted by atomic mass is 10.2. The zero-order valence-electron chi connectivity index (χ0n) is 20.1. The number of amides is 1. The molecular formula is C21H33N5O5S2. The minimum Gasteiger partial charge on any atom is -0.355 e. The van der Waals surface area contributed by atoms with Crippen LogP contribution in [0.25, 0.3) is 11.4 Å². The van der Waals surface area contributed by atoms with E-state index in [0.29, 0.717) is 29.0 Å². The second-order valence-electron chi connectivity index (χ2n) is 8.03. The fourth-order valence-electron chi connectivity index (χ4n) is 2.81. The molecule has 0 saturated heterocycles. The fraction of sp³-hybridized carbons (Fsp3) is 0.571. The van der Waals surface area contributed by atoms with Crippen LogP contribution in [0, 0.1) is 5.92 Å². The molecule has 33 heavy (non-hydrogen) atoms. The lowest BCUT2D eigenvalue weighted by Crippen LogP contribution is -2.33. The van der Waals surface area contributed by atoms with Crippen molar-refractivity contribution in [3.8, 4) is 11.4 Å². The Hall–Kier alpha value is -1.99. The van der Waals surface area contributed by atoms with Gasteiger partial charge in [0.15, 0.2) is 17.3 Å². The topological polar surface area (TPSA) is 116 Å². The maximum absolute atomic E-state index is 12.6. The molecule has 2 rings (SSSR count). The van der Waals surface area contributed by atoms with E-state index in [1.54, 1.807) is 29.7 Å². The normalized spacial score (nSPS) is 13.2. The van der Waals surface area contributed by atoms with Gasteiger partial charge >= 0.3 is 0 Å². The molecule has 1 unspecified atom stereocenters. The number of aromatic nitrogens is 3. The van der Waals surface area contributed by atoms with Crippen LogP contribution < -0.4 is 5.32 Å². The zero-order chi connectivity index (χ0) is 24.8. The number of hydrogen-bond donors (Lipinski definition) is 1. The van der Waals surface area contributed by atoms with Crippen molar-refractivity contribution < 1.29 is 22.7 Å². The van der Waals surface area contributed by atoms with Gasteiger partial charge in [-0.3, -0.25) is 9.36 Å². The van der Waals surface area contributed by atoms with Gasteiger partial charge in [0.2, 0.25) is 15.9 Å². The lowest BCUT2D eigenvalue weighted by molar-refractivity contribution is -0.120. The van der Waals surface area contributed by atoms with E-state index in [1.165, 1.54) is 46.1 Å². The van der Waals surface area contributed by atoms with Crippen molar-refractivity contribution in [3.63, 3.8) is 0 Å². The van der Waals surface area contributed by atoms with Crippen LogP contribution in [0.3, 0.4) is 0 Å². The van der Waals surface area contributed by atoms with Crippen LogP contribution >= 0.6 is 11.8 Å². The third kappa shape index (κ3) is 7.00. The second kappa shape index (κ2) is 11.9. The van der Waals surface area contributed by atoms with Crippen LogP contribution in [0.5, 0.6) is 0 Å². The molecule has 0 aliphatic rings. The number of methoxy groups -OCH3 is 2. The number of benzene rings is 1. The largest absolute Gasteiger partial charge is 0.355 e. The molecule has 0 fully saturated rings. The van der Waals surface area contributed by atoms with Crippen molar-refractivity contribution in [2.24, 2.45) is 5.92 Å². The fourth-order valence-corrected chi connectivity index (χ4v) is 4.65. The molecule has 0 bridgehead atoms. The van der Waals surface area contributed by atoms with E-state index in [9.17, 15) is 13.2 Å². The van der Waals surface area contributed by atoms with Gasteiger partial charge in [-0.05, 0) is 25.0 Å². The van der Waals surface area contributed by atoms with Crippen molar-refractivity contribution in [1.82, 2.24) is 24.4 Å². The molecule has 1 amide bonds. The number of nitrogens with one attached hydrogen (secondary N) is 1. The number of sulfonamides is 1. The third-order valence-electron chi connectivity index (χ3n) is 4.78. The minimum absolute atomic E-state index is 0.0982. The Balaban J connectivity index is 2.44. The summed E-state index contributed by atoms with van der Waals surface area (Å²) in [4.78, 5) is 12.6. The van der Waals surface area contributed by atoms with Gasteiger partial charge in [-0.15, -0.1) is 10.2 Å². The number of carbonyl (C=O) groups is 1. The lowest BCUT2D eigenvalue weighted by Gasteiger charge is -2.18. The second-order valence-corrected chi connectivity index (χ2v) is 11.5. The molecule has 0 spiro atoms. The molecule has 12 heteroatoms. The minimum atomic E-state index is -3.62. The highest BCUT2D eigenvalue weighted by Gasteiger charge is 2.24. The highest BCUT2D eigenvalue weighted by Crippen LogP contribution is 2.29. The van der Waals surface area contributed by atoms with Gasteiger partial charge in [0.25, 0.3) is 0 Å². The smallest absolute Gasteiger partial charge is 0.242 e. The Bertz CT molecular complexity index is 1040. The number of hydrogen-bond acceptors (Lipinski definition) is 8. The summed E-state index contributed by atoms with van der Waals surface area (Å²) in [5.41, 5.74) is 0.570. The summed E-state index contributed by atoms with van der Waals surface area (Å²) in [7, 11) is 2.39. The Kier molecular flexibility index (Phi) is 9.85. The van der Waals surface area contributed by atoms with E-state index in [2.05, 4.69) is 15.5 Å². The van der Waals surface area contributed by atoms with Crippen molar-refractivity contribution in [3.05, 3.63) is 24.3 Å². The van der Waals surface area contributed by atoms with Gasteiger partial charge in [0, 0.05) is 40.4 Å². The molecule has 2 aromatic rings. The monoisotopic (exact) mass is 499 g/mol. The summed E-state index contributed by atoms with van der Waals surface area (Å²) in [6.07, 6.45) is -0.585. The highest BCUT2D eigenvalue weighted by atomic mass is 32.2. The third-order valence-corrected chi connectivity index (χ3v) is 7.67. The van der Waals surface area contributed by atoms with E-state index in [0.717, 1.165) is 4.31 Å². The predicted molar refractivity (Wildman–Crippen MR) is 127 cm³/mol. The number of ether oxygens (including phenoxy) is 2. The Morgan fingerprint density at radius 2 is 1.85 bits per heavy atom. The summed E-state index contributed by atoms with van der Waals surface area (Å²) in [6, 6.07) is 6.50. The van der Waals surface area contributed by atoms with Gasteiger partial charge in [-0.25, -0.2) is 12.7 Å². The van der Waals surface area contributed by atoms with Crippen molar-refractivity contribution in [1.29, 1.82) is 0 Å². The molecule has 10 nitrogen and oxygen atoms in total. The molecule has 1 N–H and O–H groups in total. The van der Waals surface area contributed by atoms with Gasteiger partial charge < -0.3 is 14.8 Å². The zero-order valence-corrected chi connectivity index (χ0v) is 21.7. The first-order valence-corrected chi connectivity index (χ1v) is 12.8. The van der Waals surface area contributed by atoms with E-state index < -0.39 is 21.6 Å². The predicted octanol–water partition coefficient (Wildman–Crippen LogP) is 2.07. The maximum atomic E-state index is 12.6. The molecule has 0 saturated carbocycles. The quantitative estimate of drug-likeness (QED) is 0.349. The Morgan fingerprint density at radius 3 is 2.42 bits per heavy atom. The Morgan fingerprint density at radius 1 is 1.18 bits per heavy atom. The SMILES string of the molecule is COC(Cn1c(SC(C)C(=O)NCC(C)C)nnc1-c1cccc(S(=O)(=O)N(C)C)c1)OC. The molecule has 0 aliphatic carbocycles. The number of thioether (sulfide) groups is 1. The van der Waals surface area contributed by atoms with Gasteiger partial charge in [-0.1, -0.05) is 37.7 Å². The van der Waals surface area contributed by atoms with Crippen LogP contribution in [0.1, 0.15) is 20.8 Å². The molecule has 1 aromatic heterocycles. The number of nitrogens with zero attached hydrogens (tertiary/aromatic N) is 4. The van der Waals surface area contributed by atoms with Gasteiger partial charge in [0.1, 0.15) is 0 Å². The molecule has 184 valence electrons. The molecule has 1 aromatic carbocycles. The van der Waals surface area contributed by atoms with Gasteiger partial charge in [0.05, 0.1) is 16.7 Å². The summed E-state index contributed by atoms with van der Waals surface area (Å²) in [5, 5.41) is 11.6. The van der Waals surface area contributed by atoms with Crippen LogP contribution in [0.4, 0.5) is 0 Å². The van der Waals surface area contributed by atoms with Crippen LogP contribution in [0.2, 0.25) is 0 Å². The molecule has 1 atom stereocenters. The Labute approximate surface area is 200 Å². The first-order valence-electron chi connectivity index (χ1n) is 10.5. The van der Waals surface area contributed by atoms with Crippen molar-refractivity contribution in [2.45, 2.75) is 48.9 Å². The maximum Gasteiger partial charge on any atom is 0.242 e. The van der Waals surface area contributed by atoms with Crippen molar-refractivity contribution >= 4 is 27.7 Å². The van der Waals surface area contributed by atoms with E-state index in [-0.39, 0.29) is 17.3 Å². The first-order chi connectivity index (χ1) is 15.5. The van der Waals surface area contributed by atoms with E-state index in [1.807, 2.05) is 13.8 Å². The van der Waals surface area contributed by atoms with Crippen LogP contribution in [-0.2, 0) is 30.8 Å². The van der Waals surface area contributed by atoms with E-state index >= 15 is 0 Å². The van der Waals surface area contributed by atoms with Crippen molar-refractivity contribution in [2.75, 3.05) is 34.9 Å². The number of rotatable bonds is 12. The molecule has 0 aliphatic heterocycles. The average Bonchev–Trinajstić information content (AvgIpc) is 3.17. The standard InChI is InChI=1S/C21H33N5O5S2/c1-14(2)12-22-20(27)15(3)32-21-24-23-19(26(21)13-18(30-6)31-7)16-9-8-10-17(11-16)33(28,29)25(4)5/h8-11,14-15,18H,12-13H2,1-7H3,(H,22,27). The first kappa shape index (κ1) is 27.3. The van der Waals surface area contributed by atoms with E-state index in [4.69, 9.17) is 9.47 Å². The molecule has 0 radical (unpaired) electrons. The summed E-state index contributed by atoms with van der Waals surface area (Å²) >= 11 is 1.26. The summed E-state index contributed by atoms with van der Waals surface area (Å²) in [5.74, 6) is 0.692. The number of carbonyl (C=O) groups excluding carboxylic acids is 1. The van der Waals surface area contributed by atoms with Crippen LogP contribution in [-0.4, -0.2) is 79.8 Å². The van der Waals surface area contributed by atoms with Gasteiger partial charge in [-0.2, -0.15) is 0 Å².